The molecule has 0 saturated carbocycles. The number of alkyl halides is 1. The van der Waals surface area contributed by atoms with Gasteiger partial charge in [0.15, 0.2) is 0 Å². The predicted octanol–water partition coefficient (Wildman–Crippen LogP) is 2.39. The Balaban J connectivity index is 2.82. The molecule has 1 unspecified atom stereocenters. The van der Waals surface area contributed by atoms with Crippen molar-refractivity contribution in [3.05, 3.63) is 29.3 Å². The number of aliphatic hydroxyl groups is 1. The second kappa shape index (κ2) is 4.97. The van der Waals surface area contributed by atoms with Gasteiger partial charge in [-0.1, -0.05) is 22.0 Å². The van der Waals surface area contributed by atoms with Crippen LogP contribution in [0.15, 0.2) is 18.2 Å². The molecular formula is C12H16BrNO2. The zero-order valence-corrected chi connectivity index (χ0v) is 11.3. The fraction of sp³-hybridized carbons (Fsp3) is 0.417. The van der Waals surface area contributed by atoms with Crippen LogP contribution in [0.1, 0.15) is 18.1 Å². The van der Waals surface area contributed by atoms with Crippen molar-refractivity contribution in [1.29, 1.82) is 0 Å². The Morgan fingerprint density at radius 1 is 1.44 bits per heavy atom. The van der Waals surface area contributed by atoms with Crippen molar-refractivity contribution in [3.63, 3.8) is 0 Å². The van der Waals surface area contributed by atoms with Gasteiger partial charge in [-0.3, -0.25) is 4.79 Å². The van der Waals surface area contributed by atoms with Crippen LogP contribution in [-0.2, 0) is 4.79 Å². The van der Waals surface area contributed by atoms with Crippen LogP contribution >= 0.6 is 15.9 Å². The van der Waals surface area contributed by atoms with Gasteiger partial charge in [0.25, 0.3) is 5.91 Å². The summed E-state index contributed by atoms with van der Waals surface area (Å²) in [4.78, 5) is 11.7. The molecule has 1 aromatic carbocycles. The lowest BCUT2D eigenvalue weighted by atomic mass is 10.1. The van der Waals surface area contributed by atoms with Crippen molar-refractivity contribution in [2.45, 2.75) is 26.4 Å². The largest absolute Gasteiger partial charge is 0.379 e. The molecule has 0 heterocycles. The van der Waals surface area contributed by atoms with Crippen LogP contribution in [0.2, 0.25) is 0 Å². The van der Waals surface area contributed by atoms with Gasteiger partial charge in [-0.05, 0) is 44.0 Å². The molecule has 1 aromatic rings. The van der Waals surface area contributed by atoms with Gasteiger partial charge in [-0.25, -0.2) is 0 Å². The molecule has 0 saturated heterocycles. The maximum absolute atomic E-state index is 11.7. The van der Waals surface area contributed by atoms with Crippen LogP contribution in [0.3, 0.4) is 0 Å². The lowest BCUT2D eigenvalue weighted by molar-refractivity contribution is -0.130. The number of anilines is 1. The summed E-state index contributed by atoms with van der Waals surface area (Å²) in [7, 11) is 0. The quantitative estimate of drug-likeness (QED) is 0.838. The third-order valence-corrected chi connectivity index (χ3v) is 3.61. The van der Waals surface area contributed by atoms with Crippen LogP contribution in [0.4, 0.5) is 5.69 Å². The fourth-order valence-electron chi connectivity index (χ4n) is 1.15. The molecule has 0 aliphatic carbocycles. The van der Waals surface area contributed by atoms with Crippen molar-refractivity contribution in [2.24, 2.45) is 0 Å². The first-order valence-electron chi connectivity index (χ1n) is 5.04. The first kappa shape index (κ1) is 13.2. The topological polar surface area (TPSA) is 49.3 Å². The van der Waals surface area contributed by atoms with E-state index < -0.39 is 11.5 Å². The van der Waals surface area contributed by atoms with Crippen LogP contribution in [0, 0.1) is 13.8 Å². The van der Waals surface area contributed by atoms with Crippen LogP contribution in [-0.4, -0.2) is 21.9 Å². The predicted molar refractivity (Wildman–Crippen MR) is 69.0 cm³/mol. The summed E-state index contributed by atoms with van der Waals surface area (Å²) in [6.07, 6.45) is 0. The lowest BCUT2D eigenvalue weighted by Gasteiger charge is -2.19. The van der Waals surface area contributed by atoms with E-state index in [0.29, 0.717) is 5.69 Å². The van der Waals surface area contributed by atoms with E-state index in [9.17, 15) is 9.90 Å². The van der Waals surface area contributed by atoms with E-state index in [0.717, 1.165) is 5.56 Å². The van der Waals surface area contributed by atoms with Gasteiger partial charge in [0.2, 0.25) is 0 Å². The second-order valence-corrected chi connectivity index (χ2v) is 4.72. The summed E-state index contributed by atoms with van der Waals surface area (Å²) in [6.45, 7) is 5.46. The van der Waals surface area contributed by atoms with Gasteiger partial charge in [0.1, 0.15) is 5.60 Å². The number of aryl methyl sites for hydroxylation is 2. The van der Waals surface area contributed by atoms with Crippen LogP contribution in [0.5, 0.6) is 0 Å². The van der Waals surface area contributed by atoms with Gasteiger partial charge in [-0.15, -0.1) is 0 Å². The number of carbonyl (C=O) groups is 1. The Kier molecular flexibility index (Phi) is 4.10. The molecule has 0 aliphatic heterocycles. The van der Waals surface area contributed by atoms with Crippen LogP contribution < -0.4 is 5.32 Å². The molecular weight excluding hydrogens is 270 g/mol. The standard InChI is InChI=1S/C12H16BrNO2/c1-8-4-5-10(6-9(8)2)14-11(15)12(3,16)7-13/h4-6,16H,7H2,1-3H3,(H,14,15). The molecule has 1 amide bonds. The number of carbonyl (C=O) groups excluding carboxylic acids is 1. The third-order valence-electron chi connectivity index (χ3n) is 2.51. The molecule has 1 rings (SSSR count). The maximum atomic E-state index is 11.7. The first-order valence-corrected chi connectivity index (χ1v) is 6.16. The number of nitrogens with one attached hydrogen (secondary N) is 1. The van der Waals surface area contributed by atoms with E-state index in [1.54, 1.807) is 0 Å². The molecule has 3 nitrogen and oxygen atoms in total. The van der Waals surface area contributed by atoms with Gasteiger partial charge < -0.3 is 10.4 Å². The van der Waals surface area contributed by atoms with E-state index in [1.807, 2.05) is 32.0 Å². The lowest BCUT2D eigenvalue weighted by Crippen LogP contribution is -2.41. The average Bonchev–Trinajstić information content (AvgIpc) is 2.23. The number of benzene rings is 1. The Labute approximate surface area is 104 Å². The minimum atomic E-state index is -1.39. The number of halogens is 1. The van der Waals surface area contributed by atoms with Gasteiger partial charge in [-0.2, -0.15) is 0 Å². The molecule has 0 fully saturated rings. The Morgan fingerprint density at radius 3 is 2.56 bits per heavy atom. The van der Waals surface area contributed by atoms with E-state index in [1.165, 1.54) is 12.5 Å². The van der Waals surface area contributed by atoms with E-state index >= 15 is 0 Å². The number of rotatable bonds is 3. The SMILES string of the molecule is Cc1ccc(NC(=O)C(C)(O)CBr)cc1C. The third kappa shape index (κ3) is 3.06. The summed E-state index contributed by atoms with van der Waals surface area (Å²) in [5.41, 5.74) is 1.59. The highest BCUT2D eigenvalue weighted by atomic mass is 79.9. The van der Waals surface area contributed by atoms with E-state index in [2.05, 4.69) is 21.2 Å². The summed E-state index contributed by atoms with van der Waals surface area (Å²) in [6, 6.07) is 5.65. The molecule has 1 atom stereocenters. The molecule has 0 radical (unpaired) electrons. The molecule has 0 aliphatic rings. The van der Waals surface area contributed by atoms with E-state index in [-0.39, 0.29) is 5.33 Å². The number of amides is 1. The van der Waals surface area contributed by atoms with Gasteiger partial charge in [0.05, 0.1) is 0 Å². The Morgan fingerprint density at radius 2 is 2.06 bits per heavy atom. The Bertz CT molecular complexity index is 402. The van der Waals surface area contributed by atoms with Crippen molar-refractivity contribution < 1.29 is 9.90 Å². The normalized spacial score (nSPS) is 14.3. The molecule has 0 spiro atoms. The molecule has 4 heteroatoms. The van der Waals surface area contributed by atoms with Gasteiger partial charge in [0, 0.05) is 11.0 Å². The number of hydrogen-bond acceptors (Lipinski definition) is 2. The zero-order valence-electron chi connectivity index (χ0n) is 9.67. The summed E-state index contributed by atoms with van der Waals surface area (Å²) >= 11 is 3.10. The molecule has 0 aromatic heterocycles. The van der Waals surface area contributed by atoms with Crippen molar-refractivity contribution in [3.8, 4) is 0 Å². The highest BCUT2D eigenvalue weighted by Gasteiger charge is 2.28. The summed E-state index contributed by atoms with van der Waals surface area (Å²) < 4.78 is 0. The number of hydrogen-bond donors (Lipinski definition) is 2. The molecule has 0 bridgehead atoms. The summed E-state index contributed by atoms with van der Waals surface area (Å²) in [5, 5.41) is 12.6. The fourth-order valence-corrected chi connectivity index (χ4v) is 1.40. The molecule has 2 N–H and O–H groups in total. The first-order chi connectivity index (χ1) is 7.36. The van der Waals surface area contributed by atoms with Gasteiger partial charge >= 0.3 is 0 Å². The monoisotopic (exact) mass is 285 g/mol. The molecule has 88 valence electrons. The maximum Gasteiger partial charge on any atom is 0.256 e. The highest BCUT2D eigenvalue weighted by molar-refractivity contribution is 9.09. The highest BCUT2D eigenvalue weighted by Crippen LogP contribution is 2.16. The van der Waals surface area contributed by atoms with Crippen molar-refractivity contribution >= 4 is 27.5 Å². The van der Waals surface area contributed by atoms with E-state index in [4.69, 9.17) is 0 Å². The summed E-state index contributed by atoms with van der Waals surface area (Å²) in [5.74, 6) is -0.410. The average molecular weight is 286 g/mol. The minimum Gasteiger partial charge on any atom is -0.379 e. The second-order valence-electron chi connectivity index (χ2n) is 4.16. The zero-order chi connectivity index (χ0) is 12.3. The minimum absolute atomic E-state index is 0.205. The molecule has 16 heavy (non-hydrogen) atoms. The smallest absolute Gasteiger partial charge is 0.256 e. The Hall–Kier alpha value is -0.870. The van der Waals surface area contributed by atoms with Crippen LogP contribution in [0.25, 0.3) is 0 Å². The van der Waals surface area contributed by atoms with Crippen molar-refractivity contribution in [2.75, 3.05) is 10.6 Å². The van der Waals surface area contributed by atoms with Crippen molar-refractivity contribution in [1.82, 2.24) is 0 Å².